The number of aromatic nitrogens is 2. The van der Waals surface area contributed by atoms with Crippen molar-refractivity contribution >= 4 is 23.2 Å². The normalized spacial score (nSPS) is 15.3. The first-order chi connectivity index (χ1) is 20.2. The molecule has 204 valence electrons. The van der Waals surface area contributed by atoms with Gasteiger partial charge in [0.05, 0.1) is 41.9 Å². The van der Waals surface area contributed by atoms with Crippen molar-refractivity contribution in [1.82, 2.24) is 9.78 Å². The highest BCUT2D eigenvalue weighted by Crippen LogP contribution is 2.51. The van der Waals surface area contributed by atoms with Gasteiger partial charge in [0.2, 0.25) is 5.96 Å². The second kappa shape index (κ2) is 10.6. The Labute approximate surface area is 241 Å². The summed E-state index contributed by atoms with van der Waals surface area (Å²) < 4.78 is 8.00. The molecule has 2 aliphatic rings. The number of ether oxygens (including phenoxy) is 1. The van der Waals surface area contributed by atoms with Crippen LogP contribution in [0.1, 0.15) is 48.2 Å². The number of para-hydroxylation sites is 3. The number of nitrogens with zero attached hydrogens (tertiary/aromatic N) is 5. The lowest BCUT2D eigenvalue weighted by Crippen LogP contribution is -2.42. The predicted octanol–water partition coefficient (Wildman–Crippen LogP) is 7.98. The van der Waals surface area contributed by atoms with E-state index in [0.29, 0.717) is 0 Å². The lowest BCUT2D eigenvalue weighted by atomic mass is 9.95. The zero-order valence-electron chi connectivity index (χ0n) is 23.4. The summed E-state index contributed by atoms with van der Waals surface area (Å²) in [6.07, 6.45) is 2.16. The minimum absolute atomic E-state index is 0.0958. The molecule has 5 aromatic rings. The van der Waals surface area contributed by atoms with Gasteiger partial charge in [-0.1, -0.05) is 86.1 Å². The van der Waals surface area contributed by atoms with Crippen molar-refractivity contribution in [2.45, 2.75) is 39.3 Å². The molecule has 0 saturated carbocycles. The van der Waals surface area contributed by atoms with E-state index in [0.717, 1.165) is 71.8 Å². The molecule has 0 fully saturated rings. The summed E-state index contributed by atoms with van der Waals surface area (Å²) in [4.78, 5) is 10.1. The van der Waals surface area contributed by atoms with Gasteiger partial charge in [0.25, 0.3) is 0 Å². The highest BCUT2D eigenvalue weighted by molar-refractivity contribution is 6.18. The Morgan fingerprint density at radius 1 is 0.780 bits per heavy atom. The standard InChI is InChI=1S/C35H33N5O/c1-3-4-23-41-29-21-19-27(20-22-29)33-32-25(2)37-40(28-15-9-6-10-16-28)34(32)36-35-38(24-26-13-7-5-8-14-26)30-17-11-12-18-31(30)39(33)35/h5-22,33H,3-4,23-24H2,1-2H3/t33-/m0/s1. The first-order valence-corrected chi connectivity index (χ1v) is 14.4. The fraction of sp³-hybridized carbons (Fsp3) is 0.200. The topological polar surface area (TPSA) is 45.9 Å². The zero-order valence-corrected chi connectivity index (χ0v) is 23.4. The van der Waals surface area contributed by atoms with Crippen molar-refractivity contribution in [2.75, 3.05) is 16.4 Å². The number of hydrogen-bond acceptors (Lipinski definition) is 5. The van der Waals surface area contributed by atoms with E-state index in [-0.39, 0.29) is 6.04 Å². The minimum Gasteiger partial charge on any atom is -0.494 e. The Kier molecular flexibility index (Phi) is 6.51. The predicted molar refractivity (Wildman–Crippen MR) is 166 cm³/mol. The molecule has 0 bridgehead atoms. The van der Waals surface area contributed by atoms with E-state index < -0.39 is 0 Å². The molecule has 0 aliphatic carbocycles. The molecule has 0 radical (unpaired) electrons. The molecule has 0 amide bonds. The summed E-state index contributed by atoms with van der Waals surface area (Å²) in [5.74, 6) is 2.68. The number of hydrogen-bond donors (Lipinski definition) is 0. The lowest BCUT2D eigenvalue weighted by Gasteiger charge is -2.35. The number of rotatable bonds is 8. The fourth-order valence-electron chi connectivity index (χ4n) is 5.86. The van der Waals surface area contributed by atoms with Gasteiger partial charge in [0.1, 0.15) is 5.75 Å². The number of anilines is 2. The van der Waals surface area contributed by atoms with Crippen LogP contribution in [-0.4, -0.2) is 22.3 Å². The van der Waals surface area contributed by atoms with E-state index in [1.54, 1.807) is 0 Å². The molecule has 2 aliphatic heterocycles. The monoisotopic (exact) mass is 539 g/mol. The summed E-state index contributed by atoms with van der Waals surface area (Å²) >= 11 is 0. The maximum Gasteiger partial charge on any atom is 0.213 e. The third-order valence-electron chi connectivity index (χ3n) is 7.85. The smallest absolute Gasteiger partial charge is 0.213 e. The third-order valence-corrected chi connectivity index (χ3v) is 7.85. The molecular weight excluding hydrogens is 506 g/mol. The van der Waals surface area contributed by atoms with Gasteiger partial charge in [0, 0.05) is 5.56 Å². The summed E-state index contributed by atoms with van der Waals surface area (Å²) in [6.45, 7) is 5.73. The van der Waals surface area contributed by atoms with E-state index in [4.69, 9.17) is 14.8 Å². The van der Waals surface area contributed by atoms with E-state index in [9.17, 15) is 0 Å². The molecule has 3 heterocycles. The molecule has 0 saturated heterocycles. The van der Waals surface area contributed by atoms with Crippen LogP contribution in [0.25, 0.3) is 5.69 Å². The summed E-state index contributed by atoms with van der Waals surface area (Å²) in [6, 6.07) is 38.0. The van der Waals surface area contributed by atoms with Crippen LogP contribution in [0.4, 0.5) is 17.2 Å². The third kappa shape index (κ3) is 4.45. The van der Waals surface area contributed by atoms with E-state index >= 15 is 0 Å². The second-order valence-corrected chi connectivity index (χ2v) is 10.6. The molecule has 0 N–H and O–H groups in total. The Bertz CT molecular complexity index is 1690. The molecule has 0 unspecified atom stereocenters. The SMILES string of the molecule is CCCCOc1ccc([C@H]2c3c(C)nn(-c4ccccc4)c3N=C3N(Cc4ccccc4)c4ccccc4N32)cc1. The van der Waals surface area contributed by atoms with Crippen LogP contribution < -0.4 is 14.5 Å². The van der Waals surface area contributed by atoms with Crippen molar-refractivity contribution in [1.29, 1.82) is 0 Å². The molecule has 41 heavy (non-hydrogen) atoms. The molecule has 7 rings (SSSR count). The van der Waals surface area contributed by atoms with Gasteiger partial charge in [-0.05, 0) is 60.9 Å². The van der Waals surface area contributed by atoms with E-state index in [1.165, 1.54) is 11.1 Å². The van der Waals surface area contributed by atoms with Crippen LogP contribution in [0.3, 0.4) is 0 Å². The Morgan fingerprint density at radius 3 is 2.20 bits per heavy atom. The van der Waals surface area contributed by atoms with Gasteiger partial charge in [-0.3, -0.25) is 4.90 Å². The molecule has 6 heteroatoms. The molecule has 6 nitrogen and oxygen atoms in total. The number of aliphatic imine (C=N–C) groups is 1. The Morgan fingerprint density at radius 2 is 1.46 bits per heavy atom. The Hall–Kier alpha value is -4.84. The van der Waals surface area contributed by atoms with E-state index in [1.807, 2.05) is 22.9 Å². The van der Waals surface area contributed by atoms with Crippen LogP contribution in [0.2, 0.25) is 0 Å². The average Bonchev–Trinajstić information content (AvgIpc) is 3.52. The number of fused-ring (bicyclic) bond motifs is 4. The minimum atomic E-state index is -0.0958. The summed E-state index contributed by atoms with van der Waals surface area (Å²) in [7, 11) is 0. The van der Waals surface area contributed by atoms with Crippen LogP contribution >= 0.6 is 0 Å². The van der Waals surface area contributed by atoms with Crippen molar-refractivity contribution < 1.29 is 4.74 Å². The van der Waals surface area contributed by atoms with Crippen molar-refractivity contribution in [3.63, 3.8) is 0 Å². The fourth-order valence-corrected chi connectivity index (χ4v) is 5.86. The van der Waals surface area contributed by atoms with Gasteiger partial charge in [0.15, 0.2) is 5.82 Å². The molecule has 0 spiro atoms. The largest absolute Gasteiger partial charge is 0.494 e. The zero-order chi connectivity index (χ0) is 27.8. The van der Waals surface area contributed by atoms with E-state index in [2.05, 4.69) is 115 Å². The van der Waals surface area contributed by atoms with Crippen molar-refractivity contribution in [3.8, 4) is 11.4 Å². The number of aryl methyl sites for hydroxylation is 1. The molecule has 1 atom stereocenters. The van der Waals surface area contributed by atoms with Gasteiger partial charge < -0.3 is 9.64 Å². The molecule has 4 aromatic carbocycles. The maximum absolute atomic E-state index is 6.01. The van der Waals surface area contributed by atoms with Crippen LogP contribution in [0, 0.1) is 6.92 Å². The quantitative estimate of drug-likeness (QED) is 0.188. The summed E-state index contributed by atoms with van der Waals surface area (Å²) in [5.41, 5.74) is 7.80. The maximum atomic E-state index is 6.01. The van der Waals surface area contributed by atoms with Crippen LogP contribution in [0.5, 0.6) is 5.75 Å². The van der Waals surface area contributed by atoms with Gasteiger partial charge in [-0.2, -0.15) is 10.1 Å². The van der Waals surface area contributed by atoms with Gasteiger partial charge >= 0.3 is 0 Å². The van der Waals surface area contributed by atoms with Gasteiger partial charge in [-0.15, -0.1) is 0 Å². The van der Waals surface area contributed by atoms with Crippen molar-refractivity contribution in [2.24, 2.45) is 4.99 Å². The number of benzene rings is 4. The highest BCUT2D eigenvalue weighted by atomic mass is 16.5. The lowest BCUT2D eigenvalue weighted by molar-refractivity contribution is 0.309. The first-order valence-electron chi connectivity index (χ1n) is 14.4. The average molecular weight is 540 g/mol. The first kappa shape index (κ1) is 25.1. The molecule has 1 aromatic heterocycles. The Balaban J connectivity index is 1.40. The van der Waals surface area contributed by atoms with Crippen LogP contribution in [0.15, 0.2) is 114 Å². The number of guanidine groups is 1. The highest BCUT2D eigenvalue weighted by Gasteiger charge is 2.44. The second-order valence-electron chi connectivity index (χ2n) is 10.6. The molecular formula is C35H33N5O. The summed E-state index contributed by atoms with van der Waals surface area (Å²) in [5, 5.41) is 5.04. The van der Waals surface area contributed by atoms with Crippen LogP contribution in [-0.2, 0) is 6.54 Å². The number of unbranched alkanes of at least 4 members (excludes halogenated alkanes) is 1. The van der Waals surface area contributed by atoms with Gasteiger partial charge in [-0.25, -0.2) is 4.68 Å². The van der Waals surface area contributed by atoms with Crippen molar-refractivity contribution in [3.05, 3.63) is 132 Å².